The Morgan fingerprint density at radius 3 is 2.67 bits per heavy atom. The molecule has 3 heterocycles. The largest absolute Gasteiger partial charge is 0.444 e. The highest BCUT2D eigenvalue weighted by Crippen LogP contribution is 2.38. The first-order chi connectivity index (χ1) is 17.0. The second-order valence-corrected chi connectivity index (χ2v) is 10.8. The van der Waals surface area contributed by atoms with E-state index in [-0.39, 0.29) is 30.2 Å². The van der Waals surface area contributed by atoms with Gasteiger partial charge in [0.25, 0.3) is 0 Å². The van der Waals surface area contributed by atoms with Crippen molar-refractivity contribution in [2.75, 3.05) is 19.6 Å². The highest BCUT2D eigenvalue weighted by molar-refractivity contribution is 5.88. The molecule has 3 saturated heterocycles. The normalized spacial score (nSPS) is 25.6. The lowest BCUT2D eigenvalue weighted by molar-refractivity contribution is -0.141. The van der Waals surface area contributed by atoms with Crippen molar-refractivity contribution >= 4 is 17.9 Å². The molecule has 9 nitrogen and oxygen atoms in total. The zero-order valence-corrected chi connectivity index (χ0v) is 21.2. The van der Waals surface area contributed by atoms with Crippen LogP contribution in [0.1, 0.15) is 58.6 Å². The number of fused-ring (bicyclic) bond motifs is 2. The molecule has 36 heavy (non-hydrogen) atoms. The molecule has 3 aliphatic heterocycles. The third-order valence-electron chi connectivity index (χ3n) is 7.18. The van der Waals surface area contributed by atoms with Gasteiger partial charge < -0.3 is 19.9 Å². The number of hydrogen-bond acceptors (Lipinski definition) is 6. The smallest absolute Gasteiger partial charge is 0.408 e. The molecule has 0 radical (unpaired) electrons. The van der Waals surface area contributed by atoms with Gasteiger partial charge in [0, 0.05) is 31.2 Å². The summed E-state index contributed by atoms with van der Waals surface area (Å²) in [6, 6.07) is 6.15. The maximum Gasteiger partial charge on any atom is 0.408 e. The van der Waals surface area contributed by atoms with E-state index in [1.807, 2.05) is 11.8 Å². The average molecular weight is 500 g/mol. The number of amides is 3. The van der Waals surface area contributed by atoms with Crippen LogP contribution >= 0.6 is 0 Å². The van der Waals surface area contributed by atoms with Crippen LogP contribution < -0.4 is 5.32 Å². The number of benzene rings is 1. The third-order valence-corrected chi connectivity index (χ3v) is 7.18. The molecule has 3 aliphatic rings. The summed E-state index contributed by atoms with van der Waals surface area (Å²) in [6.45, 7) is 8.12. The predicted molar refractivity (Wildman–Crippen MR) is 129 cm³/mol. The van der Waals surface area contributed by atoms with Crippen molar-refractivity contribution < 1.29 is 23.5 Å². The van der Waals surface area contributed by atoms with Crippen LogP contribution in [0.4, 0.5) is 9.18 Å². The van der Waals surface area contributed by atoms with E-state index in [1.165, 1.54) is 11.0 Å². The predicted octanol–water partition coefficient (Wildman–Crippen LogP) is 2.58. The van der Waals surface area contributed by atoms with Crippen LogP contribution in [0.25, 0.3) is 0 Å². The van der Waals surface area contributed by atoms with E-state index >= 15 is 0 Å². The Labute approximate surface area is 211 Å². The molecule has 4 rings (SSSR count). The fourth-order valence-electron chi connectivity index (χ4n) is 5.60. The van der Waals surface area contributed by atoms with Crippen LogP contribution in [-0.2, 0) is 14.3 Å². The number of nitrogens with one attached hydrogen (secondary N) is 1. The molecular weight excluding hydrogens is 465 g/mol. The summed E-state index contributed by atoms with van der Waals surface area (Å²) in [5.41, 5.74) is -0.270. The molecule has 0 spiro atoms. The van der Waals surface area contributed by atoms with Gasteiger partial charge in [-0.2, -0.15) is 5.26 Å². The Morgan fingerprint density at radius 2 is 2.03 bits per heavy atom. The monoisotopic (exact) mass is 499 g/mol. The first-order valence-electron chi connectivity index (χ1n) is 12.5. The minimum absolute atomic E-state index is 0.110. The van der Waals surface area contributed by atoms with Crippen molar-refractivity contribution in [1.29, 1.82) is 5.26 Å². The molecule has 3 amide bonds. The molecule has 0 aromatic heterocycles. The van der Waals surface area contributed by atoms with Crippen molar-refractivity contribution in [2.45, 2.75) is 82.8 Å². The van der Waals surface area contributed by atoms with Crippen LogP contribution in [-0.4, -0.2) is 82.0 Å². The zero-order chi connectivity index (χ0) is 26.2. The SMILES string of the molecule is C[C@@H](c1ccccc1F)N1C(=O)[C@H]2CC1CN2C[C@H](NC(=O)OC(C)(C)C)C(=O)N1CCC[C@H]1C#N. The minimum atomic E-state index is -0.960. The Bertz CT molecular complexity index is 1070. The minimum Gasteiger partial charge on any atom is -0.444 e. The highest BCUT2D eigenvalue weighted by Gasteiger charge is 2.52. The molecule has 2 bridgehead atoms. The summed E-state index contributed by atoms with van der Waals surface area (Å²) >= 11 is 0. The van der Waals surface area contributed by atoms with E-state index in [0.717, 1.165) is 6.42 Å². The van der Waals surface area contributed by atoms with Gasteiger partial charge in [0.2, 0.25) is 11.8 Å². The molecule has 1 N–H and O–H groups in total. The van der Waals surface area contributed by atoms with Crippen LogP contribution in [0.15, 0.2) is 24.3 Å². The van der Waals surface area contributed by atoms with Gasteiger partial charge in [-0.15, -0.1) is 0 Å². The summed E-state index contributed by atoms with van der Waals surface area (Å²) in [7, 11) is 0. The Hall–Kier alpha value is -3.19. The number of likely N-dealkylation sites (tertiary alicyclic amines) is 3. The molecule has 3 fully saturated rings. The van der Waals surface area contributed by atoms with Crippen molar-refractivity contribution in [3.05, 3.63) is 35.6 Å². The molecule has 10 heteroatoms. The lowest BCUT2D eigenvalue weighted by atomic mass is 10.0. The van der Waals surface area contributed by atoms with Crippen molar-refractivity contribution in [3.63, 3.8) is 0 Å². The van der Waals surface area contributed by atoms with Crippen molar-refractivity contribution in [2.24, 2.45) is 0 Å². The van der Waals surface area contributed by atoms with Gasteiger partial charge in [-0.05, 0) is 53.0 Å². The van der Waals surface area contributed by atoms with E-state index < -0.39 is 35.9 Å². The summed E-state index contributed by atoms with van der Waals surface area (Å²) in [5, 5.41) is 12.1. The number of carbonyl (C=O) groups excluding carboxylic acids is 3. The lowest BCUT2D eigenvalue weighted by Crippen LogP contribution is -2.59. The topological polar surface area (TPSA) is 106 Å². The third kappa shape index (κ3) is 5.16. The Kier molecular flexibility index (Phi) is 7.23. The number of halogens is 1. The number of piperazine rings is 1. The van der Waals surface area contributed by atoms with E-state index in [2.05, 4.69) is 11.4 Å². The number of nitriles is 1. The Morgan fingerprint density at radius 1 is 1.31 bits per heavy atom. The molecule has 194 valence electrons. The standard InChI is InChI=1S/C26H34FN5O4/c1-16(19-9-5-6-10-20(19)27)32-18-12-22(24(32)34)30(14-18)15-21(29-25(35)36-26(2,3)4)23(33)31-11-7-8-17(31)13-28/h5-6,9-10,16-18,21-22H,7-8,11-12,14-15H2,1-4H3,(H,29,35)/t16-,17-,18?,21-,22+/m0/s1. The van der Waals surface area contributed by atoms with E-state index in [1.54, 1.807) is 43.9 Å². The quantitative estimate of drug-likeness (QED) is 0.645. The van der Waals surface area contributed by atoms with Crippen LogP contribution in [0.2, 0.25) is 0 Å². The summed E-state index contributed by atoms with van der Waals surface area (Å²) in [5.74, 6) is -0.805. The summed E-state index contributed by atoms with van der Waals surface area (Å²) in [6.07, 6.45) is 1.17. The maximum atomic E-state index is 14.4. The van der Waals surface area contributed by atoms with Crippen LogP contribution in [0.5, 0.6) is 0 Å². The van der Waals surface area contributed by atoms with Crippen molar-refractivity contribution in [1.82, 2.24) is 20.0 Å². The number of hydrogen-bond donors (Lipinski definition) is 1. The molecule has 1 aromatic rings. The molecule has 1 unspecified atom stereocenters. The van der Waals surface area contributed by atoms with Gasteiger partial charge in [0.15, 0.2) is 0 Å². The van der Waals surface area contributed by atoms with Gasteiger partial charge in [0.05, 0.1) is 18.2 Å². The van der Waals surface area contributed by atoms with Crippen LogP contribution in [0, 0.1) is 17.1 Å². The van der Waals surface area contributed by atoms with Gasteiger partial charge in [0.1, 0.15) is 23.5 Å². The first kappa shape index (κ1) is 25.9. The van der Waals surface area contributed by atoms with E-state index in [4.69, 9.17) is 4.74 Å². The second-order valence-electron chi connectivity index (χ2n) is 10.8. The molecule has 0 aliphatic carbocycles. The van der Waals surface area contributed by atoms with E-state index in [0.29, 0.717) is 31.5 Å². The maximum absolute atomic E-state index is 14.4. The van der Waals surface area contributed by atoms with Gasteiger partial charge in [-0.25, -0.2) is 9.18 Å². The van der Waals surface area contributed by atoms with Gasteiger partial charge in [-0.1, -0.05) is 18.2 Å². The Balaban J connectivity index is 1.49. The van der Waals surface area contributed by atoms with E-state index in [9.17, 15) is 24.0 Å². The number of ether oxygens (including phenoxy) is 1. The van der Waals surface area contributed by atoms with Crippen molar-refractivity contribution in [3.8, 4) is 6.07 Å². The molecular formula is C26H34FN5O4. The van der Waals surface area contributed by atoms with Gasteiger partial charge >= 0.3 is 6.09 Å². The molecule has 0 saturated carbocycles. The average Bonchev–Trinajstić information content (AvgIpc) is 3.51. The van der Waals surface area contributed by atoms with Crippen LogP contribution in [0.3, 0.4) is 0 Å². The first-order valence-corrected chi connectivity index (χ1v) is 12.5. The number of carbonyl (C=O) groups is 3. The fourth-order valence-corrected chi connectivity index (χ4v) is 5.60. The number of alkyl carbamates (subject to hydrolysis) is 1. The highest BCUT2D eigenvalue weighted by atomic mass is 19.1. The number of nitrogens with zero attached hydrogens (tertiary/aromatic N) is 4. The second kappa shape index (κ2) is 10.1. The molecule has 1 aromatic carbocycles. The lowest BCUT2D eigenvalue weighted by Gasteiger charge is -2.39. The summed E-state index contributed by atoms with van der Waals surface area (Å²) < 4.78 is 19.8. The molecule has 5 atom stereocenters. The fraction of sp³-hybridized carbons (Fsp3) is 0.615. The summed E-state index contributed by atoms with van der Waals surface area (Å²) in [4.78, 5) is 44.5. The van der Waals surface area contributed by atoms with Gasteiger partial charge in [-0.3, -0.25) is 14.5 Å². The zero-order valence-electron chi connectivity index (χ0n) is 21.2. The number of rotatable bonds is 6.